The Labute approximate surface area is 143 Å². The molecule has 0 atom stereocenters. The van der Waals surface area contributed by atoms with Crippen molar-refractivity contribution in [3.63, 3.8) is 0 Å². The normalized spacial score (nSPS) is 12.7. The van der Waals surface area contributed by atoms with Crippen molar-refractivity contribution >= 4 is 6.29 Å². The summed E-state index contributed by atoms with van der Waals surface area (Å²) in [6.45, 7) is 2.24. The average Bonchev–Trinajstić information content (AvgIpc) is 2.57. The van der Waals surface area contributed by atoms with Crippen LogP contribution in [-0.4, -0.2) is 6.29 Å². The van der Waals surface area contributed by atoms with Crippen molar-refractivity contribution in [2.75, 3.05) is 0 Å². The van der Waals surface area contributed by atoms with Gasteiger partial charge >= 0.3 is 0 Å². The lowest BCUT2D eigenvalue weighted by Gasteiger charge is -1.90. The molecule has 0 aromatic carbocycles. The molecule has 0 aliphatic rings. The van der Waals surface area contributed by atoms with Gasteiger partial charge < -0.3 is 0 Å². The van der Waals surface area contributed by atoms with Gasteiger partial charge in [0.25, 0.3) is 0 Å². The molecule has 1 nitrogen and oxygen atoms in total. The van der Waals surface area contributed by atoms with Crippen LogP contribution in [0, 0.1) is 0 Å². The van der Waals surface area contributed by atoms with Crippen molar-refractivity contribution in [1.82, 2.24) is 0 Å². The maximum Gasteiger partial charge on any atom is 0.198 e. The standard InChI is InChI=1S/C22H33O/c1-2-3-4-5-6-7-8-9-10-11-12-13-14-15-16-17-18-19-20-21-22-23/h6-7,9-10,12-13,15-16,18-19H,2-5,8,11,14,17,20-21H2,1H3/b7-6+,10-9+,13-12+,16-15+,19-18+. The Balaban J connectivity index is 3.44. The van der Waals surface area contributed by atoms with E-state index in [1.54, 1.807) is 0 Å². The first-order valence-electron chi connectivity index (χ1n) is 9.01. The number of hydrogen-bond acceptors (Lipinski definition) is 1. The van der Waals surface area contributed by atoms with Crippen LogP contribution < -0.4 is 0 Å². The first-order valence-corrected chi connectivity index (χ1v) is 9.01. The summed E-state index contributed by atoms with van der Waals surface area (Å²) in [4.78, 5) is 10.00. The first kappa shape index (κ1) is 21.4. The second kappa shape index (κ2) is 20.4. The molecule has 0 aliphatic heterocycles. The summed E-state index contributed by atoms with van der Waals surface area (Å²) in [7, 11) is 0. The van der Waals surface area contributed by atoms with E-state index in [0.717, 1.165) is 32.1 Å². The van der Waals surface area contributed by atoms with Crippen LogP contribution in [0.5, 0.6) is 0 Å². The van der Waals surface area contributed by atoms with Gasteiger partial charge in [0, 0.05) is 6.42 Å². The minimum atomic E-state index is 0.505. The van der Waals surface area contributed by atoms with Crippen molar-refractivity contribution in [3.05, 3.63) is 60.8 Å². The van der Waals surface area contributed by atoms with E-state index in [0.29, 0.717) is 6.42 Å². The number of carbonyl (C=O) groups excluding carboxylic acids is 1. The molecule has 0 fully saturated rings. The molecule has 127 valence electrons. The summed E-state index contributed by atoms with van der Waals surface area (Å²) in [6, 6.07) is 0. The number of allylic oxidation sites excluding steroid dienone is 10. The zero-order valence-electron chi connectivity index (χ0n) is 14.8. The van der Waals surface area contributed by atoms with Gasteiger partial charge in [0.2, 0.25) is 0 Å². The van der Waals surface area contributed by atoms with Gasteiger partial charge in [-0.15, -0.1) is 0 Å². The van der Waals surface area contributed by atoms with Crippen molar-refractivity contribution in [3.8, 4) is 0 Å². The summed E-state index contributed by atoms with van der Waals surface area (Å²) in [5.74, 6) is 0. The maximum atomic E-state index is 10.00. The van der Waals surface area contributed by atoms with Crippen LogP contribution in [0.2, 0.25) is 0 Å². The van der Waals surface area contributed by atoms with Gasteiger partial charge in [-0.25, -0.2) is 0 Å². The topological polar surface area (TPSA) is 17.1 Å². The van der Waals surface area contributed by atoms with E-state index in [2.05, 4.69) is 61.6 Å². The molecule has 0 aromatic rings. The van der Waals surface area contributed by atoms with Gasteiger partial charge in [0.1, 0.15) is 0 Å². The molecule has 0 heterocycles. The molecule has 0 aromatic heterocycles. The quantitative estimate of drug-likeness (QED) is 0.240. The molecular formula is C22H33O. The molecule has 0 spiro atoms. The lowest BCUT2D eigenvalue weighted by molar-refractivity contribution is 0.552. The summed E-state index contributed by atoms with van der Waals surface area (Å²) in [5.41, 5.74) is 0. The third kappa shape index (κ3) is 20.4. The largest absolute Gasteiger partial charge is 0.291 e. The fraction of sp³-hybridized carbons (Fsp3) is 0.500. The second-order valence-electron chi connectivity index (χ2n) is 5.48. The molecule has 0 amide bonds. The average molecular weight is 314 g/mol. The molecule has 0 saturated heterocycles. The molecule has 0 rings (SSSR count). The van der Waals surface area contributed by atoms with Gasteiger partial charge in [0.15, 0.2) is 6.29 Å². The Kier molecular flexibility index (Phi) is 18.9. The summed E-state index contributed by atoms with van der Waals surface area (Å²) >= 11 is 0. The lowest BCUT2D eigenvalue weighted by atomic mass is 10.2. The predicted octanol–water partition coefficient (Wildman–Crippen LogP) is 6.80. The second-order valence-corrected chi connectivity index (χ2v) is 5.48. The van der Waals surface area contributed by atoms with Crippen LogP contribution in [0.15, 0.2) is 60.8 Å². The van der Waals surface area contributed by atoms with Crippen LogP contribution in [0.4, 0.5) is 0 Å². The minimum absolute atomic E-state index is 0.505. The monoisotopic (exact) mass is 313 g/mol. The van der Waals surface area contributed by atoms with Crippen molar-refractivity contribution in [2.45, 2.75) is 71.1 Å². The Morgan fingerprint density at radius 2 is 1.04 bits per heavy atom. The number of unbranched alkanes of at least 4 members (excludes halogenated alkanes) is 4. The molecule has 1 heteroatoms. The van der Waals surface area contributed by atoms with Crippen LogP contribution >= 0.6 is 0 Å². The number of rotatable bonds is 15. The van der Waals surface area contributed by atoms with E-state index < -0.39 is 0 Å². The molecule has 1 radical (unpaired) electrons. The van der Waals surface area contributed by atoms with E-state index in [1.165, 1.54) is 25.7 Å². The Morgan fingerprint density at radius 1 is 0.609 bits per heavy atom. The highest BCUT2D eigenvalue weighted by Gasteiger charge is 1.81. The molecule has 23 heavy (non-hydrogen) atoms. The van der Waals surface area contributed by atoms with Crippen LogP contribution in [0.25, 0.3) is 0 Å². The van der Waals surface area contributed by atoms with Gasteiger partial charge in [-0.2, -0.15) is 0 Å². The van der Waals surface area contributed by atoms with Crippen molar-refractivity contribution in [1.29, 1.82) is 0 Å². The molecule has 0 unspecified atom stereocenters. The van der Waals surface area contributed by atoms with Crippen LogP contribution in [0.1, 0.15) is 71.1 Å². The molecule has 0 saturated carbocycles. The van der Waals surface area contributed by atoms with E-state index in [1.807, 2.05) is 12.4 Å². The molecule has 0 N–H and O–H groups in total. The highest BCUT2D eigenvalue weighted by molar-refractivity contribution is 5.50. The smallest absolute Gasteiger partial charge is 0.198 e. The summed E-state index contributed by atoms with van der Waals surface area (Å²) in [5, 5.41) is 0. The van der Waals surface area contributed by atoms with Gasteiger partial charge in [-0.1, -0.05) is 80.5 Å². The number of hydrogen-bond donors (Lipinski definition) is 0. The zero-order valence-corrected chi connectivity index (χ0v) is 14.8. The van der Waals surface area contributed by atoms with Gasteiger partial charge in [0.05, 0.1) is 0 Å². The Morgan fingerprint density at radius 3 is 1.48 bits per heavy atom. The third-order valence-electron chi connectivity index (χ3n) is 3.31. The van der Waals surface area contributed by atoms with Crippen molar-refractivity contribution in [2.24, 2.45) is 0 Å². The van der Waals surface area contributed by atoms with Crippen molar-refractivity contribution < 1.29 is 4.79 Å². The maximum absolute atomic E-state index is 10.00. The minimum Gasteiger partial charge on any atom is -0.291 e. The first-order chi connectivity index (χ1) is 11.4. The van der Waals surface area contributed by atoms with Gasteiger partial charge in [-0.05, 0) is 44.9 Å². The van der Waals surface area contributed by atoms with Crippen LogP contribution in [0.3, 0.4) is 0 Å². The van der Waals surface area contributed by atoms with E-state index in [-0.39, 0.29) is 0 Å². The molecular weight excluding hydrogens is 280 g/mol. The fourth-order valence-electron chi connectivity index (χ4n) is 1.97. The summed E-state index contributed by atoms with van der Waals surface area (Å²) in [6.07, 6.45) is 34.3. The van der Waals surface area contributed by atoms with Gasteiger partial charge in [-0.3, -0.25) is 4.79 Å². The third-order valence-corrected chi connectivity index (χ3v) is 3.31. The lowest BCUT2D eigenvalue weighted by Crippen LogP contribution is -1.70. The van der Waals surface area contributed by atoms with E-state index in [4.69, 9.17) is 0 Å². The Hall–Kier alpha value is -1.63. The summed E-state index contributed by atoms with van der Waals surface area (Å²) < 4.78 is 0. The fourth-order valence-corrected chi connectivity index (χ4v) is 1.97. The molecule has 0 aliphatic carbocycles. The highest BCUT2D eigenvalue weighted by Crippen LogP contribution is 2.01. The SMILES string of the molecule is CCCCC/C=C/C/C=C/C/C=C/C/C=C/C/C=C/CC[C]=O. The molecule has 0 bridgehead atoms. The van der Waals surface area contributed by atoms with E-state index >= 15 is 0 Å². The van der Waals surface area contributed by atoms with Crippen LogP contribution in [-0.2, 0) is 4.79 Å². The Bertz CT molecular complexity index is 383. The highest BCUT2D eigenvalue weighted by atomic mass is 16.1. The van der Waals surface area contributed by atoms with E-state index in [9.17, 15) is 4.79 Å². The zero-order chi connectivity index (χ0) is 16.8. The predicted molar refractivity (Wildman–Crippen MR) is 103 cm³/mol.